The molecular weight excluding hydrogens is 386 g/mol. The van der Waals surface area contributed by atoms with Crippen molar-refractivity contribution in [3.8, 4) is 0 Å². The monoisotopic (exact) mass is 411 g/mol. The average Bonchev–Trinajstić information content (AvgIpc) is 3.34. The molecule has 0 saturated heterocycles. The van der Waals surface area contributed by atoms with Crippen LogP contribution in [0.2, 0.25) is 0 Å². The summed E-state index contributed by atoms with van der Waals surface area (Å²) in [4.78, 5) is 20.0. The maximum atomic E-state index is 4.59. The summed E-state index contributed by atoms with van der Waals surface area (Å²) in [6, 6.07) is 14.6. The molecule has 3 aromatic heterocycles. The van der Waals surface area contributed by atoms with Gasteiger partial charge in [-0.25, -0.2) is 9.97 Å². The number of fused-ring (bicyclic) bond motifs is 2. The Morgan fingerprint density at radius 1 is 0.935 bits per heavy atom. The van der Waals surface area contributed by atoms with E-state index < -0.39 is 0 Å². The molecule has 0 aliphatic heterocycles. The SMILES string of the molecule is Cc1ccc2[nH]cc(CCNc3nccc(NCc4ccc5nc(C)[nH]c5c4)n3)c2c1. The Labute approximate surface area is 180 Å². The Hall–Kier alpha value is -3.87. The summed E-state index contributed by atoms with van der Waals surface area (Å²) in [5.41, 5.74) is 6.94. The van der Waals surface area contributed by atoms with Gasteiger partial charge in [-0.1, -0.05) is 17.7 Å². The molecule has 7 nitrogen and oxygen atoms in total. The first-order chi connectivity index (χ1) is 15.1. The topological polar surface area (TPSA) is 94.3 Å². The Bertz CT molecular complexity index is 1350. The Kier molecular flexibility index (Phi) is 5.00. The Morgan fingerprint density at radius 3 is 2.81 bits per heavy atom. The molecule has 5 rings (SSSR count). The van der Waals surface area contributed by atoms with Gasteiger partial charge < -0.3 is 20.6 Å². The molecule has 0 saturated carbocycles. The molecule has 31 heavy (non-hydrogen) atoms. The number of hydrogen-bond donors (Lipinski definition) is 4. The molecule has 4 N–H and O–H groups in total. The van der Waals surface area contributed by atoms with Crippen molar-refractivity contribution < 1.29 is 0 Å². The highest BCUT2D eigenvalue weighted by Gasteiger charge is 2.05. The van der Waals surface area contributed by atoms with Crippen molar-refractivity contribution in [1.82, 2.24) is 24.9 Å². The van der Waals surface area contributed by atoms with E-state index in [0.717, 1.165) is 35.6 Å². The zero-order valence-electron chi connectivity index (χ0n) is 17.7. The molecule has 3 heterocycles. The maximum Gasteiger partial charge on any atom is 0.224 e. The molecule has 0 radical (unpaired) electrons. The van der Waals surface area contributed by atoms with E-state index in [1.807, 2.05) is 19.1 Å². The number of imidazole rings is 1. The van der Waals surface area contributed by atoms with E-state index in [0.29, 0.717) is 12.5 Å². The van der Waals surface area contributed by atoms with E-state index in [2.05, 4.69) is 79.0 Å². The predicted octanol–water partition coefficient (Wildman–Crippen LogP) is 4.72. The summed E-state index contributed by atoms with van der Waals surface area (Å²) < 4.78 is 0. The fraction of sp³-hybridized carbons (Fsp3) is 0.208. The summed E-state index contributed by atoms with van der Waals surface area (Å²) in [5.74, 6) is 2.34. The summed E-state index contributed by atoms with van der Waals surface area (Å²) in [6.07, 6.45) is 4.75. The number of nitrogens with zero attached hydrogens (tertiary/aromatic N) is 3. The Balaban J connectivity index is 1.20. The highest BCUT2D eigenvalue weighted by molar-refractivity contribution is 5.83. The summed E-state index contributed by atoms with van der Waals surface area (Å²) in [5, 5.41) is 8.00. The van der Waals surface area contributed by atoms with E-state index in [1.54, 1.807) is 6.20 Å². The van der Waals surface area contributed by atoms with Crippen molar-refractivity contribution in [1.29, 1.82) is 0 Å². The average molecular weight is 412 g/mol. The van der Waals surface area contributed by atoms with Crippen LogP contribution >= 0.6 is 0 Å². The van der Waals surface area contributed by atoms with Gasteiger partial charge in [-0.15, -0.1) is 0 Å². The maximum absolute atomic E-state index is 4.59. The van der Waals surface area contributed by atoms with Gasteiger partial charge in [-0.2, -0.15) is 4.98 Å². The number of benzene rings is 2. The van der Waals surface area contributed by atoms with Gasteiger partial charge in [0.05, 0.1) is 11.0 Å². The van der Waals surface area contributed by atoms with Gasteiger partial charge in [0.1, 0.15) is 11.6 Å². The number of nitrogens with one attached hydrogen (secondary N) is 4. The second kappa shape index (κ2) is 8.10. The normalized spacial score (nSPS) is 11.3. The van der Waals surface area contributed by atoms with Crippen molar-refractivity contribution in [2.45, 2.75) is 26.8 Å². The van der Waals surface area contributed by atoms with Crippen LogP contribution in [-0.4, -0.2) is 31.5 Å². The molecule has 0 atom stereocenters. The highest BCUT2D eigenvalue weighted by Crippen LogP contribution is 2.20. The van der Waals surface area contributed by atoms with Crippen molar-refractivity contribution in [3.05, 3.63) is 77.4 Å². The van der Waals surface area contributed by atoms with E-state index in [4.69, 9.17) is 0 Å². The van der Waals surface area contributed by atoms with Crippen LogP contribution in [0.3, 0.4) is 0 Å². The van der Waals surface area contributed by atoms with Gasteiger partial charge in [0.25, 0.3) is 0 Å². The molecule has 0 aliphatic rings. The summed E-state index contributed by atoms with van der Waals surface area (Å²) in [7, 11) is 0. The lowest BCUT2D eigenvalue weighted by Crippen LogP contribution is -2.09. The third kappa shape index (κ3) is 4.21. The Morgan fingerprint density at radius 2 is 1.87 bits per heavy atom. The van der Waals surface area contributed by atoms with E-state index >= 15 is 0 Å². The van der Waals surface area contributed by atoms with Crippen LogP contribution in [0.5, 0.6) is 0 Å². The smallest absolute Gasteiger partial charge is 0.224 e. The molecule has 2 aromatic carbocycles. The van der Waals surface area contributed by atoms with Gasteiger partial charge in [-0.05, 0) is 61.7 Å². The van der Waals surface area contributed by atoms with Crippen molar-refractivity contribution in [3.63, 3.8) is 0 Å². The number of aromatic nitrogens is 5. The van der Waals surface area contributed by atoms with Crippen LogP contribution in [0, 0.1) is 13.8 Å². The van der Waals surface area contributed by atoms with Crippen LogP contribution in [-0.2, 0) is 13.0 Å². The van der Waals surface area contributed by atoms with Crippen LogP contribution in [0.15, 0.2) is 54.9 Å². The standard InChI is InChI=1S/C24H25N7/c1-15-3-5-20-19(11-15)18(14-27-20)7-9-25-24-26-10-8-23(31-24)28-13-17-4-6-21-22(12-17)30-16(2)29-21/h3-6,8,10-12,14,27H,7,9,13H2,1-2H3,(H,29,30)(H2,25,26,28,31). The number of hydrogen-bond acceptors (Lipinski definition) is 5. The number of rotatable bonds is 7. The van der Waals surface area contributed by atoms with Gasteiger partial charge in [0.2, 0.25) is 5.95 Å². The van der Waals surface area contributed by atoms with Gasteiger partial charge >= 0.3 is 0 Å². The minimum absolute atomic E-state index is 0.626. The minimum atomic E-state index is 0.626. The van der Waals surface area contributed by atoms with E-state index in [1.165, 1.54) is 27.6 Å². The first-order valence-corrected chi connectivity index (χ1v) is 10.5. The quantitative estimate of drug-likeness (QED) is 0.311. The number of H-pyrrole nitrogens is 2. The van der Waals surface area contributed by atoms with Crippen molar-refractivity contribution >= 4 is 33.7 Å². The van der Waals surface area contributed by atoms with Crippen molar-refractivity contribution in [2.24, 2.45) is 0 Å². The van der Waals surface area contributed by atoms with E-state index in [9.17, 15) is 0 Å². The number of anilines is 2. The molecule has 0 aliphatic carbocycles. The van der Waals surface area contributed by atoms with Crippen LogP contribution < -0.4 is 10.6 Å². The molecule has 0 spiro atoms. The zero-order valence-corrected chi connectivity index (χ0v) is 17.7. The molecule has 7 heteroatoms. The molecule has 0 bridgehead atoms. The van der Waals surface area contributed by atoms with Crippen LogP contribution in [0.1, 0.15) is 22.5 Å². The van der Waals surface area contributed by atoms with Gasteiger partial charge in [-0.3, -0.25) is 0 Å². The second-order valence-electron chi connectivity index (χ2n) is 7.83. The fourth-order valence-electron chi connectivity index (χ4n) is 3.84. The lowest BCUT2D eigenvalue weighted by molar-refractivity contribution is 0.985. The van der Waals surface area contributed by atoms with E-state index in [-0.39, 0.29) is 0 Å². The van der Waals surface area contributed by atoms with Gasteiger partial charge in [0.15, 0.2) is 0 Å². The predicted molar refractivity (Wildman–Crippen MR) is 125 cm³/mol. The minimum Gasteiger partial charge on any atom is -0.366 e. The summed E-state index contributed by atoms with van der Waals surface area (Å²) >= 11 is 0. The van der Waals surface area contributed by atoms with Crippen LogP contribution in [0.25, 0.3) is 21.9 Å². The number of aromatic amines is 2. The first kappa shape index (κ1) is 19.1. The lowest BCUT2D eigenvalue weighted by Gasteiger charge is -2.09. The molecular formula is C24H25N7. The third-order valence-electron chi connectivity index (χ3n) is 5.39. The highest BCUT2D eigenvalue weighted by atomic mass is 15.1. The molecule has 0 unspecified atom stereocenters. The van der Waals surface area contributed by atoms with Crippen molar-refractivity contribution in [2.75, 3.05) is 17.2 Å². The zero-order chi connectivity index (χ0) is 21.2. The number of aryl methyl sites for hydroxylation is 2. The fourth-order valence-corrected chi connectivity index (χ4v) is 3.84. The lowest BCUT2D eigenvalue weighted by atomic mass is 10.1. The second-order valence-corrected chi connectivity index (χ2v) is 7.83. The molecule has 0 fully saturated rings. The summed E-state index contributed by atoms with van der Waals surface area (Å²) in [6.45, 7) is 5.53. The molecule has 156 valence electrons. The molecule has 5 aromatic rings. The van der Waals surface area contributed by atoms with Crippen LogP contribution in [0.4, 0.5) is 11.8 Å². The molecule has 0 amide bonds. The largest absolute Gasteiger partial charge is 0.366 e. The third-order valence-corrected chi connectivity index (χ3v) is 5.39. The van der Waals surface area contributed by atoms with Gasteiger partial charge in [0, 0.05) is 36.4 Å². The first-order valence-electron chi connectivity index (χ1n) is 10.5.